The number of ether oxygens (including phenoxy) is 6. The van der Waals surface area contributed by atoms with Gasteiger partial charge in [-0.05, 0) is 20.8 Å². The second-order valence-electron chi connectivity index (χ2n) is 8.61. The summed E-state index contributed by atoms with van der Waals surface area (Å²) in [6.07, 6.45) is -4.68. The van der Waals surface area contributed by atoms with Gasteiger partial charge >= 0.3 is 35.8 Å². The standard InChI is InChI=1S/C24H38O15.6CH4/c1-15(37-22(31)7-4-19(25)26)10-34-13-18(36-12-17(3)39-24(33)9-6-21(29)30)14-35-11-16(2)38-23(32)8-5-20(27)28;;;;;;/h15-18H,4-14H2,1-3H3,(H,25,26)(H,27,28)(H,29,30);6*1H4. The van der Waals surface area contributed by atoms with Gasteiger partial charge < -0.3 is 43.7 Å². The normalized spacial score (nSPS) is 12.1. The molecule has 0 heterocycles. The van der Waals surface area contributed by atoms with Crippen LogP contribution in [0.5, 0.6) is 0 Å². The molecule has 3 N–H and O–H groups in total. The molecule has 0 amide bonds. The number of hydrogen-bond donors (Lipinski definition) is 3. The molecule has 15 nitrogen and oxygen atoms in total. The minimum Gasteiger partial charge on any atom is -0.481 e. The average Bonchev–Trinajstić information content (AvgIpc) is 2.83. The molecule has 0 saturated carbocycles. The highest BCUT2D eigenvalue weighted by Crippen LogP contribution is 2.06. The Balaban J connectivity index is -0.000000481. The lowest BCUT2D eigenvalue weighted by molar-refractivity contribution is -0.160. The van der Waals surface area contributed by atoms with Crippen LogP contribution in [-0.2, 0) is 57.2 Å². The van der Waals surface area contributed by atoms with Crippen molar-refractivity contribution in [3.05, 3.63) is 0 Å². The van der Waals surface area contributed by atoms with Crippen molar-refractivity contribution >= 4 is 35.8 Å². The van der Waals surface area contributed by atoms with Gasteiger partial charge in [0.1, 0.15) is 24.4 Å². The zero-order chi connectivity index (χ0) is 29.8. The Kier molecular flexibility index (Phi) is 42.8. The van der Waals surface area contributed by atoms with Crippen molar-refractivity contribution in [1.82, 2.24) is 0 Å². The summed E-state index contributed by atoms with van der Waals surface area (Å²) in [7, 11) is 0. The van der Waals surface area contributed by atoms with E-state index in [1.807, 2.05) is 0 Å². The van der Waals surface area contributed by atoms with Crippen LogP contribution in [-0.4, -0.2) is 109 Å². The molecule has 0 aromatic carbocycles. The van der Waals surface area contributed by atoms with Crippen LogP contribution in [0.1, 0.15) is 104 Å². The Bertz CT molecular complexity index is 756. The third-order valence-electron chi connectivity index (χ3n) is 4.51. The molecule has 0 aromatic heterocycles. The number of rotatable bonds is 23. The molecule has 45 heavy (non-hydrogen) atoms. The van der Waals surface area contributed by atoms with E-state index < -0.39 is 60.2 Å². The third-order valence-corrected chi connectivity index (χ3v) is 4.51. The molecule has 3 atom stereocenters. The quantitative estimate of drug-likeness (QED) is 0.100. The zero-order valence-corrected chi connectivity index (χ0v) is 22.3. The largest absolute Gasteiger partial charge is 0.481 e. The summed E-state index contributed by atoms with van der Waals surface area (Å²) in [5, 5.41) is 25.9. The molecule has 0 aliphatic heterocycles. The highest BCUT2D eigenvalue weighted by molar-refractivity contribution is 5.77. The summed E-state index contributed by atoms with van der Waals surface area (Å²) >= 11 is 0. The van der Waals surface area contributed by atoms with Crippen molar-refractivity contribution < 1.29 is 72.5 Å². The molecule has 0 spiro atoms. The molecule has 0 aromatic rings. The number of carbonyl (C=O) groups excluding carboxylic acids is 3. The smallest absolute Gasteiger partial charge is 0.306 e. The molecule has 0 radical (unpaired) electrons. The molecule has 0 aliphatic rings. The summed E-state index contributed by atoms with van der Waals surface area (Å²) in [6, 6.07) is 0. The minimum atomic E-state index is -1.13. The van der Waals surface area contributed by atoms with Gasteiger partial charge in [0, 0.05) is 0 Å². The molecular formula is C30H62O15. The van der Waals surface area contributed by atoms with Gasteiger partial charge in [-0.15, -0.1) is 0 Å². The van der Waals surface area contributed by atoms with E-state index in [9.17, 15) is 28.8 Å². The number of aliphatic carboxylic acids is 3. The second-order valence-corrected chi connectivity index (χ2v) is 8.61. The first-order valence-electron chi connectivity index (χ1n) is 12.3. The first kappa shape index (κ1) is 57.4. The van der Waals surface area contributed by atoms with E-state index in [0.29, 0.717) is 0 Å². The Labute approximate surface area is 269 Å². The number of esters is 3. The monoisotopic (exact) mass is 662 g/mol. The van der Waals surface area contributed by atoms with Crippen LogP contribution < -0.4 is 0 Å². The van der Waals surface area contributed by atoms with Crippen LogP contribution in [0.2, 0.25) is 0 Å². The fraction of sp³-hybridized carbons (Fsp3) is 0.800. The van der Waals surface area contributed by atoms with E-state index in [2.05, 4.69) is 0 Å². The van der Waals surface area contributed by atoms with E-state index >= 15 is 0 Å². The maximum Gasteiger partial charge on any atom is 0.306 e. The molecule has 0 rings (SSSR count). The Hall–Kier alpha value is -3.30. The lowest BCUT2D eigenvalue weighted by Gasteiger charge is -2.22. The highest BCUT2D eigenvalue weighted by Gasteiger charge is 2.19. The maximum atomic E-state index is 11.7. The number of hydrogen-bond acceptors (Lipinski definition) is 12. The number of carbonyl (C=O) groups is 6. The van der Waals surface area contributed by atoms with E-state index in [1.165, 1.54) is 0 Å². The summed E-state index contributed by atoms with van der Waals surface area (Å²) in [4.78, 5) is 66.6. The number of carboxylic acid groups (broad SMARTS) is 3. The van der Waals surface area contributed by atoms with Gasteiger partial charge in [0.05, 0.1) is 71.6 Å². The summed E-state index contributed by atoms with van der Waals surface area (Å²) < 4.78 is 32.0. The summed E-state index contributed by atoms with van der Waals surface area (Å²) in [5.74, 6) is -5.45. The van der Waals surface area contributed by atoms with Gasteiger partial charge in [0.15, 0.2) is 0 Å². The van der Waals surface area contributed by atoms with E-state index in [0.717, 1.165) is 0 Å². The predicted octanol–water partition coefficient (Wildman–Crippen LogP) is 4.61. The lowest BCUT2D eigenvalue weighted by Crippen LogP contribution is -2.33. The van der Waals surface area contributed by atoms with Gasteiger partial charge in [-0.1, -0.05) is 44.6 Å². The van der Waals surface area contributed by atoms with Crippen molar-refractivity contribution in [1.29, 1.82) is 0 Å². The molecule has 0 aliphatic carbocycles. The van der Waals surface area contributed by atoms with Gasteiger partial charge in [0.2, 0.25) is 0 Å². The van der Waals surface area contributed by atoms with Crippen LogP contribution >= 0.6 is 0 Å². The van der Waals surface area contributed by atoms with Gasteiger partial charge in [0.25, 0.3) is 0 Å². The average molecular weight is 663 g/mol. The van der Waals surface area contributed by atoms with Crippen LogP contribution in [0.3, 0.4) is 0 Å². The molecule has 0 bridgehead atoms. The summed E-state index contributed by atoms with van der Waals surface area (Å²) in [6.45, 7) is 4.46. The predicted molar refractivity (Wildman–Crippen MR) is 169 cm³/mol. The first-order valence-corrected chi connectivity index (χ1v) is 12.3. The van der Waals surface area contributed by atoms with Gasteiger partial charge in [-0.25, -0.2) is 0 Å². The zero-order valence-electron chi connectivity index (χ0n) is 22.3. The fourth-order valence-corrected chi connectivity index (χ4v) is 2.73. The van der Waals surface area contributed by atoms with Crippen LogP contribution in [0, 0.1) is 0 Å². The first-order chi connectivity index (χ1) is 18.3. The topological polar surface area (TPSA) is 218 Å². The Morgan fingerprint density at radius 3 is 0.978 bits per heavy atom. The Morgan fingerprint density at radius 1 is 0.444 bits per heavy atom. The highest BCUT2D eigenvalue weighted by atomic mass is 16.6. The molecule has 0 saturated heterocycles. The van der Waals surface area contributed by atoms with Crippen LogP contribution in [0.15, 0.2) is 0 Å². The second kappa shape index (κ2) is 33.6. The molecule has 3 unspecified atom stereocenters. The van der Waals surface area contributed by atoms with Gasteiger partial charge in [-0.2, -0.15) is 0 Å². The van der Waals surface area contributed by atoms with E-state index in [1.54, 1.807) is 20.8 Å². The number of carboxylic acids is 3. The molecular weight excluding hydrogens is 600 g/mol. The van der Waals surface area contributed by atoms with Gasteiger partial charge in [-0.3, -0.25) is 28.8 Å². The van der Waals surface area contributed by atoms with Crippen molar-refractivity contribution in [3.63, 3.8) is 0 Å². The molecule has 0 fully saturated rings. The van der Waals surface area contributed by atoms with Crippen LogP contribution in [0.4, 0.5) is 0 Å². The Morgan fingerprint density at radius 2 is 0.711 bits per heavy atom. The minimum absolute atomic E-state index is 0. The van der Waals surface area contributed by atoms with E-state index in [4.69, 9.17) is 43.7 Å². The van der Waals surface area contributed by atoms with Crippen molar-refractivity contribution in [2.24, 2.45) is 0 Å². The molecule has 15 heteroatoms. The lowest BCUT2D eigenvalue weighted by atomic mass is 10.3. The third kappa shape index (κ3) is 36.8. The fourth-order valence-electron chi connectivity index (χ4n) is 2.73. The summed E-state index contributed by atoms with van der Waals surface area (Å²) in [5.41, 5.74) is 0. The SMILES string of the molecule is C.C.C.C.C.C.CC(COCC(COCC(C)OC(=O)CCC(=O)O)OCC(C)OC(=O)CCC(=O)O)OC(=O)CCC(=O)O. The maximum absolute atomic E-state index is 11.7. The van der Waals surface area contributed by atoms with Crippen molar-refractivity contribution in [2.45, 2.75) is 128 Å². The van der Waals surface area contributed by atoms with Crippen LogP contribution in [0.25, 0.3) is 0 Å². The van der Waals surface area contributed by atoms with E-state index in [-0.39, 0.29) is 116 Å². The van der Waals surface area contributed by atoms with Crippen molar-refractivity contribution in [2.75, 3.05) is 33.0 Å². The molecule has 272 valence electrons. The van der Waals surface area contributed by atoms with Crippen molar-refractivity contribution in [3.8, 4) is 0 Å².